The van der Waals surface area contributed by atoms with Gasteiger partial charge in [0.25, 0.3) is 0 Å². The Labute approximate surface area is 134 Å². The van der Waals surface area contributed by atoms with Crippen LogP contribution in [0.5, 0.6) is 0 Å². The van der Waals surface area contributed by atoms with Crippen LogP contribution in [0.15, 0.2) is 18.2 Å². The summed E-state index contributed by atoms with van der Waals surface area (Å²) in [7, 11) is 0. The highest BCUT2D eigenvalue weighted by Crippen LogP contribution is 2.28. The zero-order valence-electron chi connectivity index (χ0n) is 13.5. The molecule has 0 aliphatic heterocycles. The average molecular weight is 330 g/mol. The van der Waals surface area contributed by atoms with Crippen LogP contribution in [0.2, 0.25) is 0 Å². The second-order valence-corrected chi connectivity index (χ2v) is 4.78. The molecule has 0 aliphatic carbocycles. The zero-order chi connectivity index (χ0) is 17.5. The van der Waals surface area contributed by atoms with Gasteiger partial charge in [0.2, 0.25) is 0 Å². The van der Waals surface area contributed by atoms with Crippen molar-refractivity contribution in [3.8, 4) is 0 Å². The van der Waals surface area contributed by atoms with Gasteiger partial charge < -0.3 is 4.74 Å². The smallest absolute Gasteiger partial charge is 0.433 e. The summed E-state index contributed by atoms with van der Waals surface area (Å²) in [6.45, 7) is 7.42. The molecule has 7 heteroatoms. The first-order valence-corrected chi connectivity index (χ1v) is 7.46. The average Bonchev–Trinajstić information content (AvgIpc) is 2.50. The van der Waals surface area contributed by atoms with Gasteiger partial charge in [0, 0.05) is 12.6 Å². The highest BCUT2D eigenvalue weighted by Gasteiger charge is 2.32. The van der Waals surface area contributed by atoms with Gasteiger partial charge in [-0.1, -0.05) is 19.9 Å². The molecular formula is C16H21F3N2O2. The predicted octanol–water partition coefficient (Wildman–Crippen LogP) is 3.52. The molecule has 0 aliphatic rings. The summed E-state index contributed by atoms with van der Waals surface area (Å²) < 4.78 is 43.3. The van der Waals surface area contributed by atoms with Crippen LogP contribution in [-0.4, -0.2) is 35.5 Å². The number of esters is 1. The normalized spacial score (nSPS) is 12.1. The fourth-order valence-corrected chi connectivity index (χ4v) is 1.96. The molecule has 0 saturated carbocycles. The van der Waals surface area contributed by atoms with Crippen molar-refractivity contribution in [1.29, 1.82) is 0 Å². The minimum Gasteiger partial charge on any atom is -0.463 e. The van der Waals surface area contributed by atoms with Gasteiger partial charge in [-0.2, -0.15) is 13.2 Å². The van der Waals surface area contributed by atoms with E-state index < -0.39 is 17.8 Å². The summed E-state index contributed by atoms with van der Waals surface area (Å²) in [5.74, 6) is -0.541. The molecule has 0 spiro atoms. The van der Waals surface area contributed by atoms with Crippen LogP contribution in [-0.2, 0) is 22.3 Å². The summed E-state index contributed by atoms with van der Waals surface area (Å²) in [5.41, 5.74) is -0.185. The number of nitrogens with zero attached hydrogens (tertiary/aromatic N) is 2. The van der Waals surface area contributed by atoms with Crippen molar-refractivity contribution in [3.05, 3.63) is 35.2 Å². The molecule has 0 aromatic carbocycles. The maximum atomic E-state index is 12.8. The third kappa shape index (κ3) is 6.02. The summed E-state index contributed by atoms with van der Waals surface area (Å²) in [4.78, 5) is 17.1. The van der Waals surface area contributed by atoms with Crippen molar-refractivity contribution in [1.82, 2.24) is 9.88 Å². The van der Waals surface area contributed by atoms with Crippen LogP contribution < -0.4 is 0 Å². The zero-order valence-corrected chi connectivity index (χ0v) is 13.5. The number of aromatic nitrogens is 1. The van der Waals surface area contributed by atoms with Gasteiger partial charge in [-0.05, 0) is 37.7 Å². The first-order valence-electron chi connectivity index (χ1n) is 7.46. The maximum Gasteiger partial charge on any atom is 0.433 e. The molecule has 0 saturated heterocycles. The Morgan fingerprint density at radius 2 is 1.91 bits per heavy atom. The topological polar surface area (TPSA) is 42.4 Å². The SMILES string of the molecule is CCOC(=O)/C=C/c1ccc(C(F)(F)F)nc1CN(CC)CC. The molecule has 1 aromatic rings. The highest BCUT2D eigenvalue weighted by molar-refractivity contribution is 5.87. The third-order valence-electron chi connectivity index (χ3n) is 3.25. The Kier molecular flexibility index (Phi) is 7.22. The number of alkyl halides is 3. The molecule has 4 nitrogen and oxygen atoms in total. The Balaban J connectivity index is 3.14. The van der Waals surface area contributed by atoms with Gasteiger partial charge in [0.1, 0.15) is 5.69 Å². The molecule has 0 atom stereocenters. The molecule has 0 radical (unpaired) electrons. The van der Waals surface area contributed by atoms with Gasteiger partial charge >= 0.3 is 12.1 Å². The van der Waals surface area contributed by atoms with Crippen molar-refractivity contribution in [2.75, 3.05) is 19.7 Å². The van der Waals surface area contributed by atoms with Gasteiger partial charge in [-0.3, -0.25) is 4.90 Å². The molecule has 128 valence electrons. The van der Waals surface area contributed by atoms with E-state index in [1.807, 2.05) is 18.7 Å². The molecule has 0 amide bonds. The van der Waals surface area contributed by atoms with E-state index in [0.717, 1.165) is 6.07 Å². The number of halogens is 3. The fourth-order valence-electron chi connectivity index (χ4n) is 1.96. The van der Waals surface area contributed by atoms with E-state index in [-0.39, 0.29) is 18.8 Å². The first-order chi connectivity index (χ1) is 10.8. The molecule has 23 heavy (non-hydrogen) atoms. The Bertz CT molecular complexity index is 553. The van der Waals surface area contributed by atoms with Gasteiger partial charge in [-0.25, -0.2) is 9.78 Å². The second-order valence-electron chi connectivity index (χ2n) is 4.78. The molecule has 1 aromatic heterocycles. The minimum absolute atomic E-state index is 0.237. The monoisotopic (exact) mass is 330 g/mol. The summed E-state index contributed by atoms with van der Waals surface area (Å²) in [6, 6.07) is 2.24. The molecular weight excluding hydrogens is 309 g/mol. The molecule has 0 bridgehead atoms. The summed E-state index contributed by atoms with van der Waals surface area (Å²) >= 11 is 0. The van der Waals surface area contributed by atoms with Crippen LogP contribution in [0, 0.1) is 0 Å². The van der Waals surface area contributed by atoms with E-state index >= 15 is 0 Å². The largest absolute Gasteiger partial charge is 0.463 e. The lowest BCUT2D eigenvalue weighted by molar-refractivity contribution is -0.141. The summed E-state index contributed by atoms with van der Waals surface area (Å²) in [6.07, 6.45) is -1.87. The fraction of sp³-hybridized carbons (Fsp3) is 0.500. The van der Waals surface area contributed by atoms with Gasteiger partial charge in [-0.15, -0.1) is 0 Å². The van der Waals surface area contributed by atoms with Crippen molar-refractivity contribution < 1.29 is 22.7 Å². The number of rotatable bonds is 7. The van der Waals surface area contributed by atoms with Crippen LogP contribution in [0.1, 0.15) is 37.7 Å². The lowest BCUT2D eigenvalue weighted by Gasteiger charge is -2.19. The van der Waals surface area contributed by atoms with Crippen molar-refractivity contribution in [2.45, 2.75) is 33.5 Å². The predicted molar refractivity (Wildman–Crippen MR) is 81.5 cm³/mol. The van der Waals surface area contributed by atoms with Crippen LogP contribution >= 0.6 is 0 Å². The van der Waals surface area contributed by atoms with E-state index in [1.165, 1.54) is 18.2 Å². The van der Waals surface area contributed by atoms with Crippen LogP contribution in [0.25, 0.3) is 6.08 Å². The quantitative estimate of drug-likeness (QED) is 0.567. The molecule has 1 heterocycles. The molecule has 0 unspecified atom stereocenters. The minimum atomic E-state index is -4.50. The Morgan fingerprint density at radius 1 is 1.26 bits per heavy atom. The number of carbonyl (C=O) groups is 1. The van der Waals surface area contributed by atoms with Crippen molar-refractivity contribution in [2.24, 2.45) is 0 Å². The van der Waals surface area contributed by atoms with Gasteiger partial charge in [0.05, 0.1) is 12.3 Å². The van der Waals surface area contributed by atoms with Crippen LogP contribution in [0.3, 0.4) is 0 Å². The maximum absolute atomic E-state index is 12.8. The van der Waals surface area contributed by atoms with Gasteiger partial charge in [0.15, 0.2) is 0 Å². The second kappa shape index (κ2) is 8.67. The molecule has 1 rings (SSSR count). The van der Waals surface area contributed by atoms with Crippen molar-refractivity contribution >= 4 is 12.0 Å². The number of hydrogen-bond acceptors (Lipinski definition) is 4. The lowest BCUT2D eigenvalue weighted by atomic mass is 10.1. The summed E-state index contributed by atoms with van der Waals surface area (Å²) in [5, 5.41) is 0. The molecule has 0 fully saturated rings. The standard InChI is InChI=1S/C16H21F3N2O2/c1-4-21(5-2)11-13-12(8-10-15(22)23-6-3)7-9-14(20-13)16(17,18)19/h7-10H,4-6,11H2,1-3H3/b10-8+. The van der Waals surface area contributed by atoms with E-state index in [1.54, 1.807) is 6.92 Å². The van der Waals surface area contributed by atoms with Crippen molar-refractivity contribution in [3.63, 3.8) is 0 Å². The highest BCUT2D eigenvalue weighted by atomic mass is 19.4. The van der Waals surface area contributed by atoms with E-state index in [0.29, 0.717) is 18.7 Å². The van der Waals surface area contributed by atoms with E-state index in [4.69, 9.17) is 4.74 Å². The number of pyridine rings is 1. The number of carbonyl (C=O) groups excluding carboxylic acids is 1. The number of ether oxygens (including phenoxy) is 1. The Hall–Kier alpha value is -1.89. The Morgan fingerprint density at radius 3 is 2.43 bits per heavy atom. The number of hydrogen-bond donors (Lipinski definition) is 0. The van der Waals surface area contributed by atoms with E-state index in [9.17, 15) is 18.0 Å². The third-order valence-corrected chi connectivity index (χ3v) is 3.25. The van der Waals surface area contributed by atoms with Crippen LogP contribution in [0.4, 0.5) is 13.2 Å². The molecule has 0 N–H and O–H groups in total. The lowest BCUT2D eigenvalue weighted by Crippen LogP contribution is -2.24. The van der Waals surface area contributed by atoms with E-state index in [2.05, 4.69) is 4.98 Å². The first kappa shape index (κ1) is 19.2.